The Morgan fingerprint density at radius 3 is 2.54 bits per heavy atom. The van der Waals surface area contributed by atoms with Gasteiger partial charge in [-0.2, -0.15) is 0 Å². The zero-order chi connectivity index (χ0) is 25.7. The van der Waals surface area contributed by atoms with Crippen LogP contribution in [0.15, 0.2) is 61.2 Å². The number of halogens is 1. The third-order valence-corrected chi connectivity index (χ3v) is 7.68. The van der Waals surface area contributed by atoms with Gasteiger partial charge in [-0.15, -0.1) is 0 Å². The van der Waals surface area contributed by atoms with Crippen LogP contribution in [-0.4, -0.2) is 47.9 Å². The summed E-state index contributed by atoms with van der Waals surface area (Å²) in [4.78, 5) is 38.7. The van der Waals surface area contributed by atoms with Gasteiger partial charge in [0.1, 0.15) is 35.4 Å². The molecular weight excluding hydrogens is 483 g/mol. The molecule has 4 aliphatic rings. The van der Waals surface area contributed by atoms with Crippen LogP contribution in [-0.2, 0) is 23.8 Å². The standard InChI is InChI=1S/C28H25FO8/c1-2-28(12-6-7-13-28)37-18-14-15(10-11-17(18)29)25(30)35-23-21-19(20-22(34-21)24(23)36-27(20)32)26(31)33-16-8-4-3-5-9-16/h2-5,8-11,14,19-24H,1,6-7,12-13H2. The largest absolute Gasteiger partial charge is 0.480 e. The number of benzene rings is 2. The molecule has 37 heavy (non-hydrogen) atoms. The van der Waals surface area contributed by atoms with E-state index in [0.29, 0.717) is 18.6 Å². The second kappa shape index (κ2) is 8.99. The summed E-state index contributed by atoms with van der Waals surface area (Å²) in [5, 5.41) is 0. The second-order valence-electron chi connectivity index (χ2n) is 9.85. The Labute approximate surface area is 212 Å². The van der Waals surface area contributed by atoms with E-state index in [4.69, 9.17) is 23.7 Å². The number of rotatable bonds is 7. The Morgan fingerprint density at radius 2 is 1.81 bits per heavy atom. The molecule has 3 heterocycles. The summed E-state index contributed by atoms with van der Waals surface area (Å²) >= 11 is 0. The van der Waals surface area contributed by atoms with Crippen molar-refractivity contribution >= 4 is 17.9 Å². The molecule has 6 atom stereocenters. The maximum Gasteiger partial charge on any atom is 0.338 e. The average Bonchev–Trinajstić information content (AvgIpc) is 3.64. The van der Waals surface area contributed by atoms with Crippen molar-refractivity contribution in [3.63, 3.8) is 0 Å². The summed E-state index contributed by atoms with van der Waals surface area (Å²) in [6, 6.07) is 12.2. The van der Waals surface area contributed by atoms with Crippen molar-refractivity contribution in [2.75, 3.05) is 0 Å². The molecule has 0 spiro atoms. The predicted octanol–water partition coefficient (Wildman–Crippen LogP) is 3.77. The number of carbonyl (C=O) groups excluding carboxylic acids is 3. The molecule has 0 amide bonds. The van der Waals surface area contributed by atoms with Crippen LogP contribution in [0.1, 0.15) is 36.0 Å². The highest BCUT2D eigenvalue weighted by atomic mass is 19.1. The monoisotopic (exact) mass is 508 g/mol. The number of hydrogen-bond acceptors (Lipinski definition) is 8. The quantitative estimate of drug-likeness (QED) is 0.317. The molecular formula is C28H25FO8. The zero-order valence-corrected chi connectivity index (χ0v) is 19.8. The molecule has 0 N–H and O–H groups in total. The van der Waals surface area contributed by atoms with Gasteiger partial charge in [-0.1, -0.05) is 24.8 Å². The lowest BCUT2D eigenvalue weighted by Gasteiger charge is -2.28. The van der Waals surface area contributed by atoms with Crippen LogP contribution in [0.2, 0.25) is 0 Å². The lowest BCUT2D eigenvalue weighted by Crippen LogP contribution is -2.48. The van der Waals surface area contributed by atoms with Gasteiger partial charge in [0.2, 0.25) is 0 Å². The van der Waals surface area contributed by atoms with Gasteiger partial charge in [-0.3, -0.25) is 9.59 Å². The molecule has 9 heteroatoms. The molecule has 6 rings (SSSR count). The van der Waals surface area contributed by atoms with Gasteiger partial charge >= 0.3 is 17.9 Å². The number of esters is 3. The van der Waals surface area contributed by atoms with Crippen molar-refractivity contribution < 1.29 is 42.5 Å². The number of carbonyl (C=O) groups is 3. The molecule has 3 aliphatic heterocycles. The normalized spacial score (nSPS) is 30.6. The molecule has 2 aromatic carbocycles. The predicted molar refractivity (Wildman–Crippen MR) is 125 cm³/mol. The molecule has 4 fully saturated rings. The minimum Gasteiger partial charge on any atom is -0.480 e. The SMILES string of the molecule is C=CC1(Oc2cc(C(=O)OC3C4OC(=O)C5C4OC3C5C(=O)Oc3ccccc3)ccc2F)CCCC1. The van der Waals surface area contributed by atoms with Crippen molar-refractivity contribution in [1.82, 2.24) is 0 Å². The smallest absolute Gasteiger partial charge is 0.338 e. The molecule has 2 aromatic rings. The van der Waals surface area contributed by atoms with E-state index >= 15 is 0 Å². The molecule has 192 valence electrons. The van der Waals surface area contributed by atoms with Gasteiger partial charge in [0.05, 0.1) is 5.56 Å². The second-order valence-corrected chi connectivity index (χ2v) is 9.85. The van der Waals surface area contributed by atoms with Gasteiger partial charge in [0.25, 0.3) is 0 Å². The van der Waals surface area contributed by atoms with Gasteiger partial charge < -0.3 is 23.7 Å². The summed E-state index contributed by atoms with van der Waals surface area (Å²) < 4.78 is 43.0. The molecule has 1 aliphatic carbocycles. The van der Waals surface area contributed by atoms with Gasteiger partial charge in [0.15, 0.2) is 23.8 Å². The molecule has 3 saturated heterocycles. The van der Waals surface area contributed by atoms with Crippen LogP contribution < -0.4 is 9.47 Å². The van der Waals surface area contributed by atoms with Gasteiger partial charge in [-0.25, -0.2) is 9.18 Å². The molecule has 6 unspecified atom stereocenters. The fraction of sp³-hybridized carbons (Fsp3) is 0.393. The maximum absolute atomic E-state index is 14.6. The zero-order valence-electron chi connectivity index (χ0n) is 19.8. The Kier molecular flexibility index (Phi) is 5.75. The van der Waals surface area contributed by atoms with E-state index in [2.05, 4.69) is 6.58 Å². The third kappa shape index (κ3) is 3.98. The molecule has 0 radical (unpaired) electrons. The van der Waals surface area contributed by atoms with Crippen LogP contribution in [0.3, 0.4) is 0 Å². The van der Waals surface area contributed by atoms with E-state index in [0.717, 1.165) is 18.9 Å². The van der Waals surface area contributed by atoms with Crippen molar-refractivity contribution in [2.24, 2.45) is 11.8 Å². The molecule has 8 nitrogen and oxygen atoms in total. The molecule has 0 aromatic heterocycles. The lowest BCUT2D eigenvalue weighted by atomic mass is 9.78. The number of para-hydroxylation sites is 1. The van der Waals surface area contributed by atoms with E-state index in [1.165, 1.54) is 12.1 Å². The van der Waals surface area contributed by atoms with E-state index in [-0.39, 0.29) is 11.3 Å². The van der Waals surface area contributed by atoms with E-state index in [1.807, 2.05) is 0 Å². The highest BCUT2D eigenvalue weighted by Gasteiger charge is 2.72. The summed E-state index contributed by atoms with van der Waals surface area (Å²) in [7, 11) is 0. The van der Waals surface area contributed by atoms with Crippen LogP contribution in [0.4, 0.5) is 4.39 Å². The van der Waals surface area contributed by atoms with Gasteiger partial charge in [0, 0.05) is 0 Å². The first-order chi connectivity index (χ1) is 17.9. The summed E-state index contributed by atoms with van der Waals surface area (Å²) in [5.74, 6) is -4.20. The lowest BCUT2D eigenvalue weighted by molar-refractivity contribution is -0.149. The number of fused-ring (bicyclic) bond motifs is 1. The number of hydrogen-bond donors (Lipinski definition) is 0. The average molecular weight is 508 g/mol. The van der Waals surface area contributed by atoms with Gasteiger partial charge in [-0.05, 0) is 62.1 Å². The van der Waals surface area contributed by atoms with Crippen LogP contribution in [0.5, 0.6) is 11.5 Å². The van der Waals surface area contributed by atoms with Crippen molar-refractivity contribution in [3.8, 4) is 11.5 Å². The summed E-state index contributed by atoms with van der Waals surface area (Å²) in [6.45, 7) is 3.83. The van der Waals surface area contributed by atoms with Crippen LogP contribution in [0, 0.1) is 17.7 Å². The topological polar surface area (TPSA) is 97.4 Å². The highest BCUT2D eigenvalue weighted by molar-refractivity contribution is 5.91. The minimum absolute atomic E-state index is 0.0562. The van der Waals surface area contributed by atoms with Crippen molar-refractivity contribution in [2.45, 2.75) is 55.7 Å². The fourth-order valence-corrected chi connectivity index (χ4v) is 5.85. The Bertz CT molecular complexity index is 1250. The molecule has 1 saturated carbocycles. The van der Waals surface area contributed by atoms with Crippen molar-refractivity contribution in [3.05, 3.63) is 72.6 Å². The fourth-order valence-electron chi connectivity index (χ4n) is 5.85. The maximum atomic E-state index is 14.6. The van der Waals surface area contributed by atoms with E-state index in [1.54, 1.807) is 36.4 Å². The Morgan fingerprint density at radius 1 is 1.05 bits per heavy atom. The minimum atomic E-state index is -1.02. The van der Waals surface area contributed by atoms with Crippen LogP contribution in [0.25, 0.3) is 0 Å². The first kappa shape index (κ1) is 23.7. The first-order valence-electron chi connectivity index (χ1n) is 12.3. The van der Waals surface area contributed by atoms with E-state index in [9.17, 15) is 18.8 Å². The van der Waals surface area contributed by atoms with Crippen molar-refractivity contribution in [1.29, 1.82) is 0 Å². The van der Waals surface area contributed by atoms with E-state index < -0.39 is 65.6 Å². The Balaban J connectivity index is 1.21. The highest BCUT2D eigenvalue weighted by Crippen LogP contribution is 2.51. The summed E-state index contributed by atoms with van der Waals surface area (Å²) in [5.41, 5.74) is -0.623. The van der Waals surface area contributed by atoms with Crippen LogP contribution >= 0.6 is 0 Å². The third-order valence-electron chi connectivity index (χ3n) is 7.68. The Hall–Kier alpha value is -3.72. The first-order valence-corrected chi connectivity index (χ1v) is 12.3. The molecule has 2 bridgehead atoms. The summed E-state index contributed by atoms with van der Waals surface area (Å²) in [6.07, 6.45) is 1.50. The number of ether oxygens (including phenoxy) is 5.